The number of hydrogen-bond donors (Lipinski definition) is 2. The Kier molecular flexibility index (Phi) is 7.42. The van der Waals surface area contributed by atoms with E-state index in [9.17, 15) is 9.59 Å². The van der Waals surface area contributed by atoms with Crippen LogP contribution in [0.2, 0.25) is 0 Å². The van der Waals surface area contributed by atoms with Gasteiger partial charge in [-0.1, -0.05) is 31.7 Å². The van der Waals surface area contributed by atoms with E-state index in [0.29, 0.717) is 30.8 Å². The molecule has 1 aromatic heterocycles. The van der Waals surface area contributed by atoms with Crippen LogP contribution in [0, 0.1) is 5.92 Å². The van der Waals surface area contributed by atoms with Crippen molar-refractivity contribution in [3.8, 4) is 11.5 Å². The van der Waals surface area contributed by atoms with Gasteiger partial charge in [-0.2, -0.15) is 0 Å². The fraction of sp³-hybridized carbons (Fsp3) is 0.565. The van der Waals surface area contributed by atoms with Crippen molar-refractivity contribution in [3.05, 3.63) is 29.6 Å². The van der Waals surface area contributed by atoms with Gasteiger partial charge in [0.2, 0.25) is 11.8 Å². The first-order chi connectivity index (χ1) is 15.9. The van der Waals surface area contributed by atoms with Gasteiger partial charge in [-0.3, -0.25) is 9.59 Å². The monoisotopic (exact) mass is 473 g/mol. The highest BCUT2D eigenvalue weighted by molar-refractivity contribution is 7.99. The van der Waals surface area contributed by atoms with Gasteiger partial charge in [0.15, 0.2) is 16.7 Å². The summed E-state index contributed by atoms with van der Waals surface area (Å²) in [7, 11) is 0. The lowest BCUT2D eigenvalue weighted by molar-refractivity contribution is -0.120. The zero-order valence-corrected chi connectivity index (χ0v) is 19.9. The molecule has 33 heavy (non-hydrogen) atoms. The molecule has 3 N–H and O–H groups in total. The van der Waals surface area contributed by atoms with Crippen LogP contribution >= 0.6 is 11.8 Å². The van der Waals surface area contributed by atoms with E-state index >= 15 is 0 Å². The second kappa shape index (κ2) is 10.5. The number of ether oxygens (including phenoxy) is 2. The Hall–Kier alpha value is -2.75. The van der Waals surface area contributed by atoms with Gasteiger partial charge in [0.1, 0.15) is 5.82 Å². The summed E-state index contributed by atoms with van der Waals surface area (Å²) in [5, 5.41) is 12.4. The molecule has 178 valence electrons. The summed E-state index contributed by atoms with van der Waals surface area (Å²) in [5.41, 5.74) is 6.31. The number of nitrogens with two attached hydrogens (primary N) is 1. The number of rotatable bonds is 10. The molecule has 2 heterocycles. The van der Waals surface area contributed by atoms with E-state index in [2.05, 4.69) is 29.4 Å². The van der Waals surface area contributed by atoms with Gasteiger partial charge in [0, 0.05) is 25.3 Å². The van der Waals surface area contributed by atoms with Crippen molar-refractivity contribution in [2.24, 2.45) is 11.7 Å². The summed E-state index contributed by atoms with van der Waals surface area (Å²) in [6.45, 7) is 5.84. The maximum atomic E-state index is 12.9. The van der Waals surface area contributed by atoms with E-state index in [1.807, 2.05) is 22.8 Å². The van der Waals surface area contributed by atoms with Crippen LogP contribution in [0.1, 0.15) is 62.9 Å². The number of carbonyl (C=O) groups excluding carboxylic acids is 2. The molecule has 9 nitrogen and oxygen atoms in total. The average molecular weight is 474 g/mol. The van der Waals surface area contributed by atoms with Crippen LogP contribution < -0.4 is 20.5 Å². The Morgan fingerprint density at radius 3 is 2.67 bits per heavy atom. The largest absolute Gasteiger partial charge is 0.490 e. The van der Waals surface area contributed by atoms with Gasteiger partial charge in [-0.25, -0.2) is 0 Å². The Bertz CT molecular complexity index is 1000. The van der Waals surface area contributed by atoms with Crippen molar-refractivity contribution in [3.63, 3.8) is 0 Å². The van der Waals surface area contributed by atoms with Crippen LogP contribution in [0.25, 0.3) is 0 Å². The van der Waals surface area contributed by atoms with E-state index in [0.717, 1.165) is 42.1 Å². The second-order valence-corrected chi connectivity index (χ2v) is 9.76. The topological polar surface area (TPSA) is 121 Å². The molecule has 10 heteroatoms. The number of fused-ring (bicyclic) bond motifs is 1. The summed E-state index contributed by atoms with van der Waals surface area (Å²) < 4.78 is 13.5. The van der Waals surface area contributed by atoms with Gasteiger partial charge in [-0.05, 0) is 36.5 Å². The van der Waals surface area contributed by atoms with Gasteiger partial charge in [0.25, 0.3) is 0 Å². The van der Waals surface area contributed by atoms with Crippen molar-refractivity contribution in [1.82, 2.24) is 20.1 Å². The summed E-state index contributed by atoms with van der Waals surface area (Å²) >= 11 is 1.33. The molecule has 0 saturated heterocycles. The molecule has 2 amide bonds. The van der Waals surface area contributed by atoms with Gasteiger partial charge in [0.05, 0.1) is 25.0 Å². The molecule has 0 spiro atoms. The van der Waals surface area contributed by atoms with Crippen LogP contribution in [0.15, 0.2) is 23.4 Å². The standard InChI is InChI=1S/C23H31N5O4S/c1-14(2)21(16-6-7-17-18(12-16)32-11-3-10-31-17)25-20(30)13-33-23-27-26-22(15-4-5-15)28(23)9-8-19(24)29/h6-7,12,14-15,21H,3-5,8-11,13H2,1-2H3,(H2,24,29)(H,25,30)/t21-/m1/s1. The third-order valence-electron chi connectivity index (χ3n) is 5.72. The summed E-state index contributed by atoms with van der Waals surface area (Å²) in [6.07, 6.45) is 3.21. The normalized spacial score (nSPS) is 16.3. The number of benzene rings is 1. The Morgan fingerprint density at radius 2 is 1.97 bits per heavy atom. The number of thioether (sulfide) groups is 1. The molecule has 2 aliphatic rings. The van der Waals surface area contributed by atoms with Crippen molar-refractivity contribution < 1.29 is 19.1 Å². The maximum absolute atomic E-state index is 12.9. The molecule has 1 aromatic carbocycles. The van der Waals surface area contributed by atoms with E-state index in [1.54, 1.807) is 0 Å². The number of nitrogens with one attached hydrogen (secondary N) is 1. The lowest BCUT2D eigenvalue weighted by Crippen LogP contribution is -2.33. The van der Waals surface area contributed by atoms with Crippen LogP contribution in [0.5, 0.6) is 11.5 Å². The molecule has 4 rings (SSSR count). The predicted molar refractivity (Wildman–Crippen MR) is 124 cm³/mol. The van der Waals surface area contributed by atoms with E-state index < -0.39 is 0 Å². The Labute approximate surface area is 197 Å². The molecule has 1 aliphatic carbocycles. The van der Waals surface area contributed by atoms with Crippen LogP contribution in [0.3, 0.4) is 0 Å². The summed E-state index contributed by atoms with van der Waals surface area (Å²) in [6, 6.07) is 5.69. The smallest absolute Gasteiger partial charge is 0.230 e. The molecule has 1 atom stereocenters. The highest BCUT2D eigenvalue weighted by Gasteiger charge is 2.30. The zero-order valence-electron chi connectivity index (χ0n) is 19.1. The maximum Gasteiger partial charge on any atom is 0.230 e. The number of aromatic nitrogens is 3. The van der Waals surface area contributed by atoms with Gasteiger partial charge >= 0.3 is 0 Å². The Balaban J connectivity index is 1.41. The van der Waals surface area contributed by atoms with Gasteiger partial charge < -0.3 is 25.1 Å². The minimum Gasteiger partial charge on any atom is -0.490 e. The number of amides is 2. The highest BCUT2D eigenvalue weighted by atomic mass is 32.2. The molecule has 0 bridgehead atoms. The van der Waals surface area contributed by atoms with Crippen LogP contribution in [-0.4, -0.2) is 45.5 Å². The first-order valence-corrected chi connectivity index (χ1v) is 12.4. The molecule has 1 fully saturated rings. The number of hydrogen-bond acceptors (Lipinski definition) is 7. The molecule has 2 aromatic rings. The van der Waals surface area contributed by atoms with E-state index in [-0.39, 0.29) is 35.9 Å². The third kappa shape index (κ3) is 5.98. The first-order valence-electron chi connectivity index (χ1n) is 11.5. The molecule has 0 unspecified atom stereocenters. The van der Waals surface area contributed by atoms with Crippen molar-refractivity contribution in [2.45, 2.75) is 63.2 Å². The van der Waals surface area contributed by atoms with Crippen LogP contribution in [-0.2, 0) is 16.1 Å². The van der Waals surface area contributed by atoms with Crippen molar-refractivity contribution in [1.29, 1.82) is 0 Å². The van der Waals surface area contributed by atoms with Crippen molar-refractivity contribution in [2.75, 3.05) is 19.0 Å². The lowest BCUT2D eigenvalue weighted by Gasteiger charge is -2.24. The quantitative estimate of drug-likeness (QED) is 0.509. The minimum atomic E-state index is -0.367. The number of primary amides is 1. The summed E-state index contributed by atoms with van der Waals surface area (Å²) in [4.78, 5) is 24.1. The average Bonchev–Trinajstić information content (AvgIpc) is 3.58. The fourth-order valence-electron chi connectivity index (χ4n) is 3.84. The molecule has 1 saturated carbocycles. The minimum absolute atomic E-state index is 0.0942. The molecule has 0 radical (unpaired) electrons. The number of nitrogens with zero attached hydrogens (tertiary/aromatic N) is 3. The van der Waals surface area contributed by atoms with Crippen molar-refractivity contribution >= 4 is 23.6 Å². The Morgan fingerprint density at radius 1 is 1.21 bits per heavy atom. The van der Waals surface area contributed by atoms with E-state index in [4.69, 9.17) is 15.2 Å². The third-order valence-corrected chi connectivity index (χ3v) is 6.68. The van der Waals surface area contributed by atoms with Crippen LogP contribution in [0.4, 0.5) is 0 Å². The first kappa shape index (κ1) is 23.4. The molecular weight excluding hydrogens is 442 g/mol. The highest BCUT2D eigenvalue weighted by Crippen LogP contribution is 2.40. The lowest BCUT2D eigenvalue weighted by atomic mass is 9.95. The second-order valence-electron chi connectivity index (χ2n) is 8.82. The predicted octanol–water partition coefficient (Wildman–Crippen LogP) is 2.80. The van der Waals surface area contributed by atoms with E-state index in [1.165, 1.54) is 11.8 Å². The van der Waals surface area contributed by atoms with Gasteiger partial charge in [-0.15, -0.1) is 10.2 Å². The summed E-state index contributed by atoms with van der Waals surface area (Å²) in [5.74, 6) is 2.65. The molecular formula is C23H31N5O4S. The SMILES string of the molecule is CC(C)[C@@H](NC(=O)CSc1nnc(C2CC2)n1CCC(N)=O)c1ccc2c(c1)OCCCO2. The molecule has 1 aliphatic heterocycles. The number of carbonyl (C=O) groups is 2. The fourth-order valence-corrected chi connectivity index (χ4v) is 4.62. The zero-order chi connectivity index (χ0) is 23.4.